The van der Waals surface area contributed by atoms with Gasteiger partial charge in [-0.2, -0.15) is 0 Å². The summed E-state index contributed by atoms with van der Waals surface area (Å²) in [4.78, 5) is 0. The van der Waals surface area contributed by atoms with E-state index in [1.54, 1.807) is 0 Å². The molecule has 1 N–H and O–H groups in total. The molecule has 3 nitrogen and oxygen atoms in total. The molecular formula is C14H31NO2S. The van der Waals surface area contributed by atoms with Crippen molar-refractivity contribution in [3.05, 3.63) is 0 Å². The molecule has 0 aliphatic rings. The highest BCUT2D eigenvalue weighted by molar-refractivity contribution is 7.91. The minimum Gasteiger partial charge on any atom is -0.314 e. The fourth-order valence-corrected chi connectivity index (χ4v) is 3.42. The number of hydrogen-bond acceptors (Lipinski definition) is 3. The van der Waals surface area contributed by atoms with Crippen molar-refractivity contribution in [3.8, 4) is 0 Å². The Morgan fingerprint density at radius 3 is 2.06 bits per heavy atom. The lowest BCUT2D eigenvalue weighted by atomic mass is 9.76. The Morgan fingerprint density at radius 2 is 1.67 bits per heavy atom. The van der Waals surface area contributed by atoms with Crippen LogP contribution in [0.1, 0.15) is 54.4 Å². The molecular weight excluding hydrogens is 246 g/mol. The van der Waals surface area contributed by atoms with E-state index in [1.165, 1.54) is 0 Å². The van der Waals surface area contributed by atoms with Gasteiger partial charge in [-0.05, 0) is 24.2 Å². The maximum Gasteiger partial charge on any atom is 0.150 e. The SMILES string of the molecule is CCCS(=O)(=O)CCC(C)(CNC(C)C)C(C)C. The van der Waals surface area contributed by atoms with Gasteiger partial charge in [-0.25, -0.2) is 8.42 Å². The van der Waals surface area contributed by atoms with Crippen molar-refractivity contribution >= 4 is 9.84 Å². The van der Waals surface area contributed by atoms with Crippen LogP contribution < -0.4 is 5.32 Å². The normalized spacial score (nSPS) is 16.2. The van der Waals surface area contributed by atoms with Gasteiger partial charge in [-0.15, -0.1) is 0 Å². The third kappa shape index (κ3) is 6.74. The molecule has 1 atom stereocenters. The van der Waals surface area contributed by atoms with Gasteiger partial charge >= 0.3 is 0 Å². The van der Waals surface area contributed by atoms with E-state index in [0.29, 0.717) is 29.9 Å². The van der Waals surface area contributed by atoms with E-state index in [4.69, 9.17) is 0 Å². The minimum absolute atomic E-state index is 0.0467. The van der Waals surface area contributed by atoms with Gasteiger partial charge in [-0.3, -0.25) is 0 Å². The van der Waals surface area contributed by atoms with Gasteiger partial charge in [0.05, 0.1) is 5.75 Å². The first-order valence-corrected chi connectivity index (χ1v) is 8.89. The second kappa shape index (κ2) is 7.49. The summed E-state index contributed by atoms with van der Waals surface area (Å²) in [6, 6.07) is 0.440. The fraction of sp³-hybridized carbons (Fsp3) is 1.00. The lowest BCUT2D eigenvalue weighted by Gasteiger charge is -2.35. The molecule has 0 saturated heterocycles. The first-order valence-electron chi connectivity index (χ1n) is 7.07. The molecule has 0 aromatic rings. The lowest BCUT2D eigenvalue weighted by Crippen LogP contribution is -2.40. The van der Waals surface area contributed by atoms with E-state index in [-0.39, 0.29) is 5.41 Å². The van der Waals surface area contributed by atoms with Gasteiger partial charge in [0.25, 0.3) is 0 Å². The largest absolute Gasteiger partial charge is 0.314 e. The summed E-state index contributed by atoms with van der Waals surface area (Å²) in [6.07, 6.45) is 1.46. The third-order valence-corrected chi connectivity index (χ3v) is 5.66. The zero-order valence-corrected chi connectivity index (χ0v) is 13.7. The van der Waals surface area contributed by atoms with Gasteiger partial charge in [0.2, 0.25) is 0 Å². The average Bonchev–Trinajstić information content (AvgIpc) is 2.23. The van der Waals surface area contributed by atoms with Crippen LogP contribution in [0.5, 0.6) is 0 Å². The summed E-state index contributed by atoms with van der Waals surface area (Å²) < 4.78 is 23.6. The van der Waals surface area contributed by atoms with E-state index < -0.39 is 9.84 Å². The van der Waals surface area contributed by atoms with Crippen LogP contribution in [0.25, 0.3) is 0 Å². The van der Waals surface area contributed by atoms with Crippen molar-refractivity contribution in [1.82, 2.24) is 5.32 Å². The summed E-state index contributed by atoms with van der Waals surface area (Å²) in [5, 5.41) is 3.44. The molecule has 0 fully saturated rings. The Bertz CT molecular complexity index is 323. The average molecular weight is 277 g/mol. The zero-order valence-electron chi connectivity index (χ0n) is 12.9. The molecule has 0 aliphatic heterocycles. The number of hydrogen-bond donors (Lipinski definition) is 1. The molecule has 0 bridgehead atoms. The maximum atomic E-state index is 11.8. The Balaban J connectivity index is 4.53. The molecule has 0 rings (SSSR count). The first kappa shape index (κ1) is 17.9. The van der Waals surface area contributed by atoms with Gasteiger partial charge in [0.1, 0.15) is 9.84 Å². The Kier molecular flexibility index (Phi) is 7.45. The molecule has 18 heavy (non-hydrogen) atoms. The maximum absolute atomic E-state index is 11.8. The standard InChI is InChI=1S/C14H31NO2S/c1-7-9-18(16,17)10-8-14(6,12(2)3)11-15-13(4)5/h12-13,15H,7-11H2,1-6H3. The van der Waals surface area contributed by atoms with Crippen LogP contribution in [0.2, 0.25) is 0 Å². The summed E-state index contributed by atoms with van der Waals surface area (Å²) in [5.41, 5.74) is 0.0467. The van der Waals surface area contributed by atoms with Gasteiger partial charge < -0.3 is 5.32 Å². The van der Waals surface area contributed by atoms with Crippen molar-refractivity contribution < 1.29 is 8.42 Å². The van der Waals surface area contributed by atoms with Crippen molar-refractivity contribution in [2.45, 2.75) is 60.4 Å². The molecule has 4 heteroatoms. The molecule has 1 unspecified atom stereocenters. The molecule has 0 saturated carbocycles. The highest BCUT2D eigenvalue weighted by Crippen LogP contribution is 2.31. The number of sulfone groups is 1. The molecule has 0 aromatic heterocycles. The topological polar surface area (TPSA) is 46.2 Å². The van der Waals surface area contributed by atoms with Crippen LogP contribution in [0.15, 0.2) is 0 Å². The number of rotatable bonds is 9. The van der Waals surface area contributed by atoms with Crippen molar-refractivity contribution in [3.63, 3.8) is 0 Å². The highest BCUT2D eigenvalue weighted by atomic mass is 32.2. The summed E-state index contributed by atoms with van der Waals surface area (Å²) in [7, 11) is -2.86. The molecule has 0 amide bonds. The smallest absolute Gasteiger partial charge is 0.150 e. The van der Waals surface area contributed by atoms with Crippen LogP contribution >= 0.6 is 0 Å². The van der Waals surface area contributed by atoms with Gasteiger partial charge in [-0.1, -0.05) is 41.5 Å². The van der Waals surface area contributed by atoms with E-state index in [2.05, 4.69) is 39.9 Å². The van der Waals surface area contributed by atoms with E-state index >= 15 is 0 Å². The molecule has 0 aromatic carbocycles. The molecule has 110 valence electrons. The third-order valence-electron chi connectivity index (χ3n) is 3.81. The molecule has 0 spiro atoms. The second-order valence-electron chi connectivity index (χ2n) is 6.25. The Morgan fingerprint density at radius 1 is 1.11 bits per heavy atom. The Hall–Kier alpha value is -0.0900. The monoisotopic (exact) mass is 277 g/mol. The van der Waals surface area contributed by atoms with Crippen molar-refractivity contribution in [2.75, 3.05) is 18.1 Å². The van der Waals surface area contributed by atoms with E-state index in [0.717, 1.165) is 13.0 Å². The number of nitrogens with one attached hydrogen (secondary N) is 1. The van der Waals surface area contributed by atoms with E-state index in [1.807, 2.05) is 6.92 Å². The minimum atomic E-state index is -2.86. The predicted molar refractivity (Wildman–Crippen MR) is 79.6 cm³/mol. The van der Waals surface area contributed by atoms with Crippen LogP contribution in [0.4, 0.5) is 0 Å². The molecule has 0 aliphatic carbocycles. The first-order chi connectivity index (χ1) is 8.13. The van der Waals surface area contributed by atoms with Crippen LogP contribution in [-0.2, 0) is 9.84 Å². The predicted octanol–water partition coefficient (Wildman–Crippen LogP) is 2.86. The van der Waals surface area contributed by atoms with Crippen LogP contribution in [0, 0.1) is 11.3 Å². The lowest BCUT2D eigenvalue weighted by molar-refractivity contribution is 0.196. The van der Waals surface area contributed by atoms with Gasteiger partial charge in [0.15, 0.2) is 0 Å². The fourth-order valence-electron chi connectivity index (χ4n) is 1.82. The van der Waals surface area contributed by atoms with Crippen LogP contribution in [0.3, 0.4) is 0 Å². The van der Waals surface area contributed by atoms with Crippen molar-refractivity contribution in [2.24, 2.45) is 11.3 Å². The quantitative estimate of drug-likeness (QED) is 0.705. The highest BCUT2D eigenvalue weighted by Gasteiger charge is 2.29. The molecule has 0 heterocycles. The van der Waals surface area contributed by atoms with Crippen LogP contribution in [-0.4, -0.2) is 32.5 Å². The summed E-state index contributed by atoms with van der Waals surface area (Å²) in [6.45, 7) is 13.6. The van der Waals surface area contributed by atoms with Crippen molar-refractivity contribution in [1.29, 1.82) is 0 Å². The second-order valence-corrected chi connectivity index (χ2v) is 8.55. The summed E-state index contributed by atoms with van der Waals surface area (Å²) in [5.74, 6) is 1.11. The van der Waals surface area contributed by atoms with Gasteiger partial charge in [0, 0.05) is 18.3 Å². The summed E-state index contributed by atoms with van der Waals surface area (Å²) >= 11 is 0. The Labute approximate surface area is 114 Å². The van der Waals surface area contributed by atoms with E-state index in [9.17, 15) is 8.42 Å². The molecule has 0 radical (unpaired) electrons. The zero-order chi connectivity index (χ0) is 14.4.